The number of alkyl halides is 1. The maximum absolute atomic E-state index is 6.18. The maximum atomic E-state index is 6.18. The van der Waals surface area contributed by atoms with Crippen molar-refractivity contribution in [2.45, 2.75) is 45.4 Å². The van der Waals surface area contributed by atoms with Crippen LogP contribution in [0.4, 0.5) is 0 Å². The van der Waals surface area contributed by atoms with Gasteiger partial charge in [0.2, 0.25) is 0 Å². The fourth-order valence-corrected chi connectivity index (χ4v) is 3.85. The second-order valence-corrected chi connectivity index (χ2v) is 6.30. The van der Waals surface area contributed by atoms with Gasteiger partial charge in [-0.15, -0.1) is 22.9 Å². The van der Waals surface area contributed by atoms with Gasteiger partial charge in [-0.1, -0.05) is 19.3 Å². The zero-order valence-electron chi connectivity index (χ0n) is 9.26. The summed E-state index contributed by atoms with van der Waals surface area (Å²) in [7, 11) is 0. The second-order valence-electron chi connectivity index (χ2n) is 4.72. The molecule has 84 valence electrons. The van der Waals surface area contributed by atoms with E-state index in [1.54, 1.807) is 0 Å². The van der Waals surface area contributed by atoms with E-state index in [9.17, 15) is 0 Å². The van der Waals surface area contributed by atoms with Crippen molar-refractivity contribution in [1.82, 2.24) is 4.98 Å². The summed E-state index contributed by atoms with van der Waals surface area (Å²) >= 11 is 8.00. The van der Waals surface area contributed by atoms with Gasteiger partial charge in [-0.05, 0) is 31.6 Å². The van der Waals surface area contributed by atoms with E-state index in [1.807, 2.05) is 17.5 Å². The summed E-state index contributed by atoms with van der Waals surface area (Å²) < 4.78 is 0. The molecule has 3 heteroatoms. The third-order valence-corrected chi connectivity index (χ3v) is 4.90. The van der Waals surface area contributed by atoms with Crippen molar-refractivity contribution in [3.8, 4) is 0 Å². The monoisotopic (exact) mass is 243 g/mol. The van der Waals surface area contributed by atoms with Crippen molar-refractivity contribution in [3.63, 3.8) is 0 Å². The topological polar surface area (TPSA) is 12.9 Å². The summed E-state index contributed by atoms with van der Waals surface area (Å²) in [5, 5.41) is 1.17. The van der Waals surface area contributed by atoms with Crippen LogP contribution in [0.15, 0.2) is 6.20 Å². The first-order chi connectivity index (χ1) is 7.24. The summed E-state index contributed by atoms with van der Waals surface area (Å²) in [6, 6.07) is 0. The Hall–Kier alpha value is -0.0800. The Morgan fingerprint density at radius 3 is 2.67 bits per heavy atom. The number of aryl methyl sites for hydroxylation is 1. The Bertz CT molecular complexity index is 315. The zero-order valence-corrected chi connectivity index (χ0v) is 10.8. The summed E-state index contributed by atoms with van der Waals surface area (Å²) in [6.45, 7) is 2.07. The molecule has 1 aromatic heterocycles. The van der Waals surface area contributed by atoms with Crippen molar-refractivity contribution < 1.29 is 0 Å². The highest BCUT2D eigenvalue weighted by Crippen LogP contribution is 2.40. The van der Waals surface area contributed by atoms with Crippen LogP contribution in [0.25, 0.3) is 0 Å². The number of nitrogens with zero attached hydrogens (tertiary/aromatic N) is 1. The largest absolute Gasteiger partial charge is 0.250 e. The van der Waals surface area contributed by atoms with Gasteiger partial charge in [0, 0.05) is 17.0 Å². The fraction of sp³-hybridized carbons (Fsp3) is 0.750. The van der Waals surface area contributed by atoms with Gasteiger partial charge >= 0.3 is 0 Å². The first-order valence-electron chi connectivity index (χ1n) is 5.71. The highest BCUT2D eigenvalue weighted by atomic mass is 35.5. The minimum absolute atomic E-state index is 0.374. The molecule has 0 amide bonds. The molecule has 1 saturated carbocycles. The Kier molecular flexibility index (Phi) is 3.68. The van der Waals surface area contributed by atoms with Gasteiger partial charge in [-0.3, -0.25) is 0 Å². The average Bonchev–Trinajstić information content (AvgIpc) is 2.65. The first-order valence-corrected chi connectivity index (χ1v) is 7.06. The summed E-state index contributed by atoms with van der Waals surface area (Å²) in [6.07, 6.45) is 9.86. The number of thiazole rings is 1. The Labute approximate surface area is 101 Å². The van der Waals surface area contributed by atoms with Crippen LogP contribution in [0, 0.1) is 12.3 Å². The Balaban J connectivity index is 2.06. The van der Waals surface area contributed by atoms with Gasteiger partial charge < -0.3 is 0 Å². The second kappa shape index (κ2) is 4.84. The van der Waals surface area contributed by atoms with Crippen LogP contribution >= 0.6 is 22.9 Å². The van der Waals surface area contributed by atoms with Gasteiger partial charge in [0.05, 0.1) is 5.01 Å². The van der Waals surface area contributed by atoms with Crippen molar-refractivity contribution in [2.24, 2.45) is 5.41 Å². The molecule has 2 rings (SSSR count). The van der Waals surface area contributed by atoms with Crippen LogP contribution in [0.3, 0.4) is 0 Å². The maximum Gasteiger partial charge on any atom is 0.0896 e. The molecule has 1 aliphatic rings. The molecule has 1 aromatic rings. The molecular formula is C12H18ClNS. The minimum Gasteiger partial charge on any atom is -0.250 e. The van der Waals surface area contributed by atoms with E-state index >= 15 is 0 Å². The quantitative estimate of drug-likeness (QED) is 0.726. The lowest BCUT2D eigenvalue weighted by atomic mass is 9.73. The molecule has 1 fully saturated rings. The average molecular weight is 244 g/mol. The standard InChI is InChI=1S/C12H18ClNS/c1-10-14-8-11(15-10)7-12(9-13)5-3-2-4-6-12/h8H,2-7,9H2,1H3. The molecule has 0 spiro atoms. The molecule has 0 N–H and O–H groups in total. The van der Waals surface area contributed by atoms with Gasteiger partial charge in [0.15, 0.2) is 0 Å². The van der Waals surface area contributed by atoms with Crippen molar-refractivity contribution in [1.29, 1.82) is 0 Å². The molecule has 0 unspecified atom stereocenters. The third kappa shape index (κ3) is 2.73. The number of halogens is 1. The highest BCUT2D eigenvalue weighted by Gasteiger charge is 2.31. The Morgan fingerprint density at radius 2 is 2.13 bits per heavy atom. The van der Waals surface area contributed by atoms with Crippen LogP contribution in [-0.4, -0.2) is 10.9 Å². The van der Waals surface area contributed by atoms with Crippen LogP contribution < -0.4 is 0 Å². The van der Waals surface area contributed by atoms with E-state index < -0.39 is 0 Å². The summed E-state index contributed by atoms with van der Waals surface area (Å²) in [5.41, 5.74) is 0.374. The lowest BCUT2D eigenvalue weighted by Crippen LogP contribution is -2.28. The smallest absolute Gasteiger partial charge is 0.0896 e. The molecule has 0 atom stereocenters. The number of hydrogen-bond donors (Lipinski definition) is 0. The predicted octanol–water partition coefficient (Wildman–Crippen LogP) is 4.18. The Morgan fingerprint density at radius 1 is 1.40 bits per heavy atom. The van der Waals surface area contributed by atoms with E-state index in [2.05, 4.69) is 11.9 Å². The van der Waals surface area contributed by atoms with Crippen molar-refractivity contribution >= 4 is 22.9 Å². The van der Waals surface area contributed by atoms with Crippen LogP contribution in [0.5, 0.6) is 0 Å². The minimum atomic E-state index is 0.374. The van der Waals surface area contributed by atoms with Gasteiger partial charge in [-0.2, -0.15) is 0 Å². The summed E-state index contributed by atoms with van der Waals surface area (Å²) in [4.78, 5) is 5.74. The number of hydrogen-bond acceptors (Lipinski definition) is 2. The normalized spacial score (nSPS) is 20.4. The fourth-order valence-electron chi connectivity index (χ4n) is 2.52. The van der Waals surface area contributed by atoms with E-state index in [-0.39, 0.29) is 0 Å². The van der Waals surface area contributed by atoms with Crippen molar-refractivity contribution in [3.05, 3.63) is 16.1 Å². The molecular weight excluding hydrogens is 226 g/mol. The van der Waals surface area contributed by atoms with Crippen LogP contribution in [0.2, 0.25) is 0 Å². The van der Waals surface area contributed by atoms with Gasteiger partial charge in [0.1, 0.15) is 0 Å². The molecule has 1 aliphatic carbocycles. The molecule has 1 heterocycles. The van der Waals surface area contributed by atoms with E-state index in [4.69, 9.17) is 11.6 Å². The molecule has 0 bridgehead atoms. The molecule has 0 saturated heterocycles. The highest BCUT2D eigenvalue weighted by molar-refractivity contribution is 7.11. The SMILES string of the molecule is Cc1ncc(CC2(CCl)CCCCC2)s1. The van der Waals surface area contributed by atoms with Gasteiger partial charge in [0.25, 0.3) is 0 Å². The third-order valence-electron chi connectivity index (χ3n) is 3.42. The number of rotatable bonds is 3. The molecule has 0 aliphatic heterocycles. The van der Waals surface area contributed by atoms with E-state index in [0.29, 0.717) is 5.41 Å². The van der Waals surface area contributed by atoms with E-state index in [1.165, 1.54) is 42.0 Å². The molecule has 1 nitrogen and oxygen atoms in total. The van der Waals surface area contributed by atoms with Gasteiger partial charge in [-0.25, -0.2) is 4.98 Å². The predicted molar refractivity (Wildman–Crippen MR) is 66.8 cm³/mol. The van der Waals surface area contributed by atoms with E-state index in [0.717, 1.165) is 12.3 Å². The molecule has 0 radical (unpaired) electrons. The zero-order chi connectivity index (χ0) is 10.7. The summed E-state index contributed by atoms with van der Waals surface area (Å²) in [5.74, 6) is 0.809. The lowest BCUT2D eigenvalue weighted by Gasteiger charge is -2.35. The molecule has 0 aromatic carbocycles. The molecule has 15 heavy (non-hydrogen) atoms. The van der Waals surface area contributed by atoms with Crippen LogP contribution in [-0.2, 0) is 6.42 Å². The van der Waals surface area contributed by atoms with Crippen LogP contribution in [0.1, 0.15) is 42.0 Å². The first kappa shape index (κ1) is 11.4. The van der Waals surface area contributed by atoms with Crippen molar-refractivity contribution in [2.75, 3.05) is 5.88 Å². The lowest BCUT2D eigenvalue weighted by molar-refractivity contribution is 0.221. The number of aromatic nitrogens is 1.